The second-order valence-electron chi connectivity index (χ2n) is 5.44. The van der Waals surface area contributed by atoms with Crippen LogP contribution in [-0.2, 0) is 23.9 Å². The van der Waals surface area contributed by atoms with Gasteiger partial charge in [-0.05, 0) is 24.6 Å². The number of fused-ring (bicyclic) bond motifs is 1. The highest BCUT2D eigenvalue weighted by atomic mass is 19.4. The molecule has 4 nitrogen and oxygen atoms in total. The first kappa shape index (κ1) is 16.2. The van der Waals surface area contributed by atoms with Gasteiger partial charge < -0.3 is 4.90 Å². The van der Waals surface area contributed by atoms with Gasteiger partial charge >= 0.3 is 6.18 Å². The average Bonchev–Trinajstić information content (AvgIpc) is 2.59. The monoisotopic (exact) mass is 333 g/mol. The minimum atomic E-state index is -4.37. The number of benzene rings is 1. The Bertz CT molecular complexity index is 785. The normalized spacial score (nSPS) is 14.2. The fraction of sp³-hybridized carbons (Fsp3) is 0.235. The molecular weight excluding hydrogens is 319 g/mol. The molecule has 0 fully saturated rings. The van der Waals surface area contributed by atoms with Crippen LogP contribution in [-0.4, -0.2) is 27.3 Å². The Balaban J connectivity index is 1.94. The summed E-state index contributed by atoms with van der Waals surface area (Å²) in [5.41, 5.74) is 2.09. The molecule has 0 radical (unpaired) electrons. The molecule has 1 amide bonds. The van der Waals surface area contributed by atoms with Crippen LogP contribution in [0.15, 0.2) is 43.2 Å². The summed E-state index contributed by atoms with van der Waals surface area (Å²) in [7, 11) is 0. The minimum absolute atomic E-state index is 0.171. The molecule has 2 aromatic rings. The lowest BCUT2D eigenvalue weighted by molar-refractivity contribution is -0.137. The zero-order valence-corrected chi connectivity index (χ0v) is 12.7. The van der Waals surface area contributed by atoms with Crippen LogP contribution in [0, 0.1) is 0 Å². The Labute approximate surface area is 136 Å². The Kier molecular flexibility index (Phi) is 4.09. The predicted octanol–water partition coefficient (Wildman–Crippen LogP) is 3.23. The van der Waals surface area contributed by atoms with Crippen LogP contribution >= 0.6 is 0 Å². The number of carbonyl (C=O) groups excluding carboxylic acids is 1. The standard InChI is InChI=1S/C17H14F3N3O/c1-2-15(24)23-8-7-13-14(9-23)21-10-22-16(13)11-3-5-12(6-4-11)17(18,19)20/h2-6,10H,1,7-9H2. The van der Waals surface area contributed by atoms with Crippen molar-refractivity contribution in [2.24, 2.45) is 0 Å². The van der Waals surface area contributed by atoms with E-state index in [1.54, 1.807) is 4.90 Å². The highest BCUT2D eigenvalue weighted by molar-refractivity contribution is 5.87. The largest absolute Gasteiger partial charge is 0.416 e. The summed E-state index contributed by atoms with van der Waals surface area (Å²) in [6.45, 7) is 4.31. The number of rotatable bonds is 2. The van der Waals surface area contributed by atoms with Gasteiger partial charge in [0, 0.05) is 17.7 Å². The van der Waals surface area contributed by atoms with Gasteiger partial charge in [0.05, 0.1) is 23.5 Å². The maximum Gasteiger partial charge on any atom is 0.416 e. The molecule has 124 valence electrons. The summed E-state index contributed by atoms with van der Waals surface area (Å²) >= 11 is 0. The number of hydrogen-bond donors (Lipinski definition) is 0. The minimum Gasteiger partial charge on any atom is -0.333 e. The van der Waals surface area contributed by atoms with Crippen molar-refractivity contribution >= 4 is 5.91 Å². The molecular formula is C17H14F3N3O. The zero-order valence-electron chi connectivity index (χ0n) is 12.7. The summed E-state index contributed by atoms with van der Waals surface area (Å²) in [6, 6.07) is 4.90. The van der Waals surface area contributed by atoms with Crippen LogP contribution in [0.3, 0.4) is 0 Å². The van der Waals surface area contributed by atoms with E-state index in [9.17, 15) is 18.0 Å². The number of alkyl halides is 3. The van der Waals surface area contributed by atoms with Crippen molar-refractivity contribution in [3.05, 3.63) is 60.1 Å². The molecule has 1 aliphatic rings. The van der Waals surface area contributed by atoms with Gasteiger partial charge in [0.15, 0.2) is 0 Å². The lowest BCUT2D eigenvalue weighted by Gasteiger charge is -2.28. The molecule has 3 rings (SSSR count). The van der Waals surface area contributed by atoms with E-state index in [0.717, 1.165) is 17.7 Å². The van der Waals surface area contributed by atoms with E-state index in [1.165, 1.54) is 24.5 Å². The molecule has 0 saturated carbocycles. The number of aromatic nitrogens is 2. The first-order valence-corrected chi connectivity index (χ1v) is 7.32. The highest BCUT2D eigenvalue weighted by Crippen LogP contribution is 2.32. The van der Waals surface area contributed by atoms with E-state index in [1.807, 2.05) is 0 Å². The van der Waals surface area contributed by atoms with Gasteiger partial charge in [-0.1, -0.05) is 18.7 Å². The Morgan fingerprint density at radius 3 is 2.54 bits per heavy atom. The summed E-state index contributed by atoms with van der Waals surface area (Å²) in [5, 5.41) is 0. The van der Waals surface area contributed by atoms with E-state index in [-0.39, 0.29) is 5.91 Å². The molecule has 0 spiro atoms. The molecule has 7 heteroatoms. The van der Waals surface area contributed by atoms with Crippen molar-refractivity contribution in [2.75, 3.05) is 6.54 Å². The fourth-order valence-electron chi connectivity index (χ4n) is 2.74. The lowest BCUT2D eigenvalue weighted by Crippen LogP contribution is -2.35. The summed E-state index contributed by atoms with van der Waals surface area (Å²) < 4.78 is 38.0. The summed E-state index contributed by atoms with van der Waals surface area (Å²) in [5.74, 6) is -0.171. The predicted molar refractivity (Wildman–Crippen MR) is 81.8 cm³/mol. The van der Waals surface area contributed by atoms with Crippen LogP contribution in [0.4, 0.5) is 13.2 Å². The van der Waals surface area contributed by atoms with E-state index in [2.05, 4.69) is 16.5 Å². The van der Waals surface area contributed by atoms with Gasteiger partial charge in [0.25, 0.3) is 0 Å². The van der Waals surface area contributed by atoms with Crippen molar-refractivity contribution in [3.63, 3.8) is 0 Å². The molecule has 1 aromatic carbocycles. The molecule has 0 unspecified atom stereocenters. The van der Waals surface area contributed by atoms with E-state index < -0.39 is 11.7 Å². The van der Waals surface area contributed by atoms with E-state index in [0.29, 0.717) is 36.5 Å². The van der Waals surface area contributed by atoms with Crippen molar-refractivity contribution in [3.8, 4) is 11.3 Å². The van der Waals surface area contributed by atoms with E-state index in [4.69, 9.17) is 0 Å². The van der Waals surface area contributed by atoms with Gasteiger partial charge in [-0.15, -0.1) is 0 Å². The maximum absolute atomic E-state index is 12.7. The third kappa shape index (κ3) is 3.02. The molecule has 2 heterocycles. The molecule has 0 bridgehead atoms. The zero-order chi connectivity index (χ0) is 17.3. The number of amides is 1. The molecule has 0 atom stereocenters. The summed E-state index contributed by atoms with van der Waals surface area (Å²) in [4.78, 5) is 21.8. The average molecular weight is 333 g/mol. The molecule has 24 heavy (non-hydrogen) atoms. The van der Waals surface area contributed by atoms with Crippen LogP contribution < -0.4 is 0 Å². The molecule has 0 N–H and O–H groups in total. The van der Waals surface area contributed by atoms with Crippen molar-refractivity contribution in [1.82, 2.24) is 14.9 Å². The highest BCUT2D eigenvalue weighted by Gasteiger charge is 2.30. The lowest BCUT2D eigenvalue weighted by atomic mass is 9.97. The maximum atomic E-state index is 12.7. The third-order valence-electron chi connectivity index (χ3n) is 3.98. The van der Waals surface area contributed by atoms with Crippen LogP contribution in [0.2, 0.25) is 0 Å². The first-order valence-electron chi connectivity index (χ1n) is 7.32. The quantitative estimate of drug-likeness (QED) is 0.793. The Hall–Kier alpha value is -2.70. The van der Waals surface area contributed by atoms with Crippen molar-refractivity contribution in [1.29, 1.82) is 0 Å². The fourth-order valence-corrected chi connectivity index (χ4v) is 2.74. The summed E-state index contributed by atoms with van der Waals surface area (Å²) in [6.07, 6.45) is -1.20. The number of carbonyl (C=O) groups is 1. The number of hydrogen-bond acceptors (Lipinski definition) is 3. The van der Waals surface area contributed by atoms with Crippen molar-refractivity contribution in [2.45, 2.75) is 19.1 Å². The third-order valence-corrected chi connectivity index (χ3v) is 3.98. The van der Waals surface area contributed by atoms with E-state index >= 15 is 0 Å². The molecule has 1 aromatic heterocycles. The molecule has 1 aliphatic heterocycles. The SMILES string of the molecule is C=CC(=O)N1CCc2c(ncnc2-c2ccc(C(F)(F)F)cc2)C1. The molecule has 0 aliphatic carbocycles. The molecule has 0 saturated heterocycles. The van der Waals surface area contributed by atoms with Crippen LogP contribution in [0.5, 0.6) is 0 Å². The topological polar surface area (TPSA) is 46.1 Å². The Morgan fingerprint density at radius 1 is 1.21 bits per heavy atom. The van der Waals surface area contributed by atoms with Gasteiger partial charge in [-0.25, -0.2) is 9.97 Å². The second-order valence-corrected chi connectivity index (χ2v) is 5.44. The Morgan fingerprint density at radius 2 is 1.92 bits per heavy atom. The van der Waals surface area contributed by atoms with Gasteiger partial charge in [0.2, 0.25) is 5.91 Å². The van der Waals surface area contributed by atoms with Crippen molar-refractivity contribution < 1.29 is 18.0 Å². The van der Waals surface area contributed by atoms with Gasteiger partial charge in [-0.3, -0.25) is 4.79 Å². The first-order chi connectivity index (χ1) is 11.4. The second kappa shape index (κ2) is 6.07. The smallest absolute Gasteiger partial charge is 0.333 e. The van der Waals surface area contributed by atoms with Gasteiger partial charge in [0.1, 0.15) is 6.33 Å². The van der Waals surface area contributed by atoms with Crippen LogP contribution in [0.1, 0.15) is 16.8 Å². The number of nitrogens with zero attached hydrogens (tertiary/aromatic N) is 3. The number of halogens is 3. The van der Waals surface area contributed by atoms with Crippen LogP contribution in [0.25, 0.3) is 11.3 Å². The van der Waals surface area contributed by atoms with Gasteiger partial charge in [-0.2, -0.15) is 13.2 Å².